The molecule has 0 amide bonds. The predicted molar refractivity (Wildman–Crippen MR) is 63.1 cm³/mol. The van der Waals surface area contributed by atoms with Crippen molar-refractivity contribution < 1.29 is 17.9 Å². The first-order chi connectivity index (χ1) is 8.99. The first-order valence-corrected chi connectivity index (χ1v) is 5.36. The predicted octanol–water partition coefficient (Wildman–Crippen LogP) is 3.33. The molecule has 0 spiro atoms. The van der Waals surface area contributed by atoms with E-state index in [2.05, 4.69) is 15.3 Å². The average molecular weight is 269 g/mol. The SMILES string of the molecule is CNc1cc(Oc2ccccc2)nc(C(F)(F)F)n1. The van der Waals surface area contributed by atoms with Gasteiger partial charge in [-0.1, -0.05) is 18.2 Å². The first-order valence-electron chi connectivity index (χ1n) is 5.36. The van der Waals surface area contributed by atoms with Gasteiger partial charge in [-0.25, -0.2) is 4.98 Å². The number of benzene rings is 1. The summed E-state index contributed by atoms with van der Waals surface area (Å²) in [6, 6.07) is 9.72. The molecule has 0 atom stereocenters. The van der Waals surface area contributed by atoms with E-state index in [1.165, 1.54) is 13.1 Å². The minimum Gasteiger partial charge on any atom is -0.439 e. The summed E-state index contributed by atoms with van der Waals surface area (Å²) >= 11 is 0. The summed E-state index contributed by atoms with van der Waals surface area (Å²) in [5, 5.41) is 2.53. The van der Waals surface area contributed by atoms with Crippen LogP contribution >= 0.6 is 0 Å². The summed E-state index contributed by atoms with van der Waals surface area (Å²) in [6.07, 6.45) is -4.62. The third-order valence-corrected chi connectivity index (χ3v) is 2.18. The van der Waals surface area contributed by atoms with Crippen LogP contribution in [0.15, 0.2) is 36.4 Å². The number of nitrogens with one attached hydrogen (secondary N) is 1. The molecule has 2 aromatic rings. The van der Waals surface area contributed by atoms with Crippen LogP contribution in [0.25, 0.3) is 0 Å². The van der Waals surface area contributed by atoms with Crippen molar-refractivity contribution in [2.24, 2.45) is 0 Å². The van der Waals surface area contributed by atoms with Gasteiger partial charge in [-0.15, -0.1) is 0 Å². The Labute approximate surface area is 107 Å². The van der Waals surface area contributed by atoms with Crippen LogP contribution in [0.3, 0.4) is 0 Å². The lowest BCUT2D eigenvalue weighted by Crippen LogP contribution is -2.12. The van der Waals surface area contributed by atoms with Crippen molar-refractivity contribution >= 4 is 5.82 Å². The molecule has 0 aliphatic carbocycles. The van der Waals surface area contributed by atoms with E-state index in [0.29, 0.717) is 5.75 Å². The van der Waals surface area contributed by atoms with Gasteiger partial charge in [-0.2, -0.15) is 18.2 Å². The van der Waals surface area contributed by atoms with Gasteiger partial charge in [-0.05, 0) is 12.1 Å². The lowest BCUT2D eigenvalue weighted by Gasteiger charge is -2.10. The fourth-order valence-corrected chi connectivity index (χ4v) is 1.34. The van der Waals surface area contributed by atoms with E-state index >= 15 is 0 Å². The molecule has 0 radical (unpaired) electrons. The van der Waals surface area contributed by atoms with Crippen LogP contribution in [0, 0.1) is 0 Å². The van der Waals surface area contributed by atoms with E-state index in [1.807, 2.05) is 0 Å². The number of halogens is 3. The Hall–Kier alpha value is -2.31. The standard InChI is InChI=1S/C12H10F3N3O/c1-16-9-7-10(18-11(17-9)12(13,14)15)19-8-5-3-2-4-6-8/h2-7H,1H3,(H,16,17,18). The molecule has 0 aliphatic rings. The van der Waals surface area contributed by atoms with Gasteiger partial charge >= 0.3 is 6.18 Å². The van der Waals surface area contributed by atoms with Gasteiger partial charge in [0.2, 0.25) is 11.7 Å². The minimum absolute atomic E-state index is 0.0354. The number of para-hydroxylation sites is 1. The Morgan fingerprint density at radius 1 is 1.11 bits per heavy atom. The Bertz CT molecular complexity index is 558. The molecule has 0 bridgehead atoms. The topological polar surface area (TPSA) is 47.0 Å². The van der Waals surface area contributed by atoms with E-state index in [0.717, 1.165) is 0 Å². The normalized spacial score (nSPS) is 11.2. The molecule has 4 nitrogen and oxygen atoms in total. The van der Waals surface area contributed by atoms with Gasteiger partial charge in [0.15, 0.2) is 0 Å². The highest BCUT2D eigenvalue weighted by molar-refractivity contribution is 5.39. The molecule has 0 aliphatic heterocycles. The van der Waals surface area contributed by atoms with E-state index < -0.39 is 12.0 Å². The lowest BCUT2D eigenvalue weighted by molar-refractivity contribution is -0.145. The smallest absolute Gasteiger partial charge is 0.439 e. The van der Waals surface area contributed by atoms with Crippen LogP contribution in [-0.2, 0) is 6.18 Å². The van der Waals surface area contributed by atoms with Crippen molar-refractivity contribution in [3.63, 3.8) is 0 Å². The Morgan fingerprint density at radius 2 is 1.79 bits per heavy atom. The Balaban J connectivity index is 2.35. The number of hydrogen-bond acceptors (Lipinski definition) is 4. The number of hydrogen-bond donors (Lipinski definition) is 1. The highest BCUT2D eigenvalue weighted by Crippen LogP contribution is 2.30. The number of alkyl halides is 3. The van der Waals surface area contributed by atoms with Crippen molar-refractivity contribution in [3.05, 3.63) is 42.2 Å². The second-order valence-corrected chi connectivity index (χ2v) is 3.58. The number of anilines is 1. The minimum atomic E-state index is -4.62. The van der Waals surface area contributed by atoms with Gasteiger partial charge in [-0.3, -0.25) is 0 Å². The lowest BCUT2D eigenvalue weighted by atomic mass is 10.3. The van der Waals surface area contributed by atoms with Gasteiger partial charge in [0.05, 0.1) is 0 Å². The van der Waals surface area contributed by atoms with E-state index in [9.17, 15) is 13.2 Å². The maximum absolute atomic E-state index is 12.6. The molecule has 100 valence electrons. The van der Waals surface area contributed by atoms with Crippen LogP contribution in [0.1, 0.15) is 5.82 Å². The zero-order valence-electron chi connectivity index (χ0n) is 9.90. The van der Waals surface area contributed by atoms with E-state index in [4.69, 9.17) is 4.74 Å². The van der Waals surface area contributed by atoms with Crippen LogP contribution in [0.4, 0.5) is 19.0 Å². The molecule has 19 heavy (non-hydrogen) atoms. The van der Waals surface area contributed by atoms with Gasteiger partial charge in [0.1, 0.15) is 11.6 Å². The van der Waals surface area contributed by atoms with E-state index in [-0.39, 0.29) is 11.7 Å². The van der Waals surface area contributed by atoms with Crippen molar-refractivity contribution in [1.82, 2.24) is 9.97 Å². The molecule has 1 N–H and O–H groups in total. The zero-order chi connectivity index (χ0) is 13.9. The summed E-state index contributed by atoms with van der Waals surface area (Å²) < 4.78 is 43.1. The van der Waals surface area contributed by atoms with Crippen molar-refractivity contribution in [3.8, 4) is 11.6 Å². The largest absolute Gasteiger partial charge is 0.451 e. The maximum atomic E-state index is 12.6. The molecule has 2 rings (SSSR count). The quantitative estimate of drug-likeness (QED) is 0.928. The number of rotatable bonds is 3. The Morgan fingerprint density at radius 3 is 2.37 bits per heavy atom. The summed E-state index contributed by atoms with van der Waals surface area (Å²) in [6.45, 7) is 0. The molecule has 1 aromatic heterocycles. The zero-order valence-corrected chi connectivity index (χ0v) is 9.90. The second kappa shape index (κ2) is 5.13. The van der Waals surface area contributed by atoms with Crippen LogP contribution in [-0.4, -0.2) is 17.0 Å². The third kappa shape index (κ3) is 3.34. The molecular weight excluding hydrogens is 259 g/mol. The number of ether oxygens (including phenoxy) is 1. The summed E-state index contributed by atoms with van der Waals surface area (Å²) in [5.74, 6) is -0.979. The summed E-state index contributed by atoms with van der Waals surface area (Å²) in [5.41, 5.74) is 0. The second-order valence-electron chi connectivity index (χ2n) is 3.58. The first kappa shape index (κ1) is 13.1. The van der Waals surface area contributed by atoms with Gasteiger partial charge in [0, 0.05) is 13.1 Å². The number of nitrogens with zero attached hydrogens (tertiary/aromatic N) is 2. The molecular formula is C12H10F3N3O. The maximum Gasteiger partial charge on any atom is 0.451 e. The van der Waals surface area contributed by atoms with Crippen LogP contribution in [0.5, 0.6) is 11.6 Å². The highest BCUT2D eigenvalue weighted by Gasteiger charge is 2.35. The summed E-state index contributed by atoms with van der Waals surface area (Å²) in [4.78, 5) is 6.69. The van der Waals surface area contributed by atoms with Crippen molar-refractivity contribution in [1.29, 1.82) is 0 Å². The third-order valence-electron chi connectivity index (χ3n) is 2.18. The van der Waals surface area contributed by atoms with Gasteiger partial charge in [0.25, 0.3) is 0 Å². The molecule has 1 aromatic carbocycles. The molecule has 1 heterocycles. The molecule has 0 unspecified atom stereocenters. The summed E-state index contributed by atoms with van der Waals surface area (Å²) in [7, 11) is 1.47. The molecule has 0 fully saturated rings. The molecule has 0 saturated carbocycles. The fraction of sp³-hybridized carbons (Fsp3) is 0.167. The van der Waals surface area contributed by atoms with Crippen molar-refractivity contribution in [2.45, 2.75) is 6.18 Å². The van der Waals surface area contributed by atoms with Crippen LogP contribution < -0.4 is 10.1 Å². The van der Waals surface area contributed by atoms with Crippen molar-refractivity contribution in [2.75, 3.05) is 12.4 Å². The average Bonchev–Trinajstić information content (AvgIpc) is 2.38. The van der Waals surface area contributed by atoms with Crippen LogP contribution in [0.2, 0.25) is 0 Å². The monoisotopic (exact) mass is 269 g/mol. The van der Waals surface area contributed by atoms with Gasteiger partial charge < -0.3 is 10.1 Å². The molecule has 7 heteroatoms. The van der Waals surface area contributed by atoms with E-state index in [1.54, 1.807) is 30.3 Å². The fourth-order valence-electron chi connectivity index (χ4n) is 1.34. The number of aromatic nitrogens is 2. The Kier molecular flexibility index (Phi) is 3.55. The molecule has 0 saturated heterocycles. The highest BCUT2D eigenvalue weighted by atomic mass is 19.4.